The van der Waals surface area contributed by atoms with Crippen LogP contribution < -0.4 is 5.32 Å². The summed E-state index contributed by atoms with van der Waals surface area (Å²) in [5.41, 5.74) is 0.779. The smallest absolute Gasteiger partial charge is 0.357 e. The highest BCUT2D eigenvalue weighted by Gasteiger charge is 2.22. The van der Waals surface area contributed by atoms with Gasteiger partial charge in [0.15, 0.2) is 11.5 Å². The second-order valence-corrected chi connectivity index (χ2v) is 7.97. The standard InChI is InChI=1S/C17H14FN3O2S2/c18-10-3-1-9(2-4-10)13-7-12-15(25-13)14(17(22)23)20-21-16(12)19-11-5-6-24-8-11/h1-4,7,11H,5-6,8H2,(H,19,21)(H,22,23). The number of thioether (sulfide) groups is 1. The molecule has 0 radical (unpaired) electrons. The van der Waals surface area contributed by atoms with Crippen LogP contribution in [0.4, 0.5) is 10.2 Å². The first-order valence-corrected chi connectivity index (χ1v) is 9.72. The molecular formula is C17H14FN3O2S2. The van der Waals surface area contributed by atoms with Crippen molar-refractivity contribution in [1.29, 1.82) is 0 Å². The quantitative estimate of drug-likeness (QED) is 0.715. The van der Waals surface area contributed by atoms with E-state index in [2.05, 4.69) is 15.5 Å². The number of halogens is 1. The number of anilines is 1. The first-order valence-electron chi connectivity index (χ1n) is 7.75. The van der Waals surface area contributed by atoms with E-state index in [0.29, 0.717) is 16.6 Å². The van der Waals surface area contributed by atoms with Crippen molar-refractivity contribution in [3.8, 4) is 10.4 Å². The zero-order valence-electron chi connectivity index (χ0n) is 13.0. The van der Waals surface area contributed by atoms with Crippen molar-refractivity contribution in [2.75, 3.05) is 16.8 Å². The third kappa shape index (κ3) is 3.19. The molecule has 2 N–H and O–H groups in total. The lowest BCUT2D eigenvalue weighted by molar-refractivity contribution is 0.0692. The Hall–Kier alpha value is -2.19. The molecule has 25 heavy (non-hydrogen) atoms. The third-order valence-electron chi connectivity index (χ3n) is 4.05. The molecule has 0 saturated carbocycles. The van der Waals surface area contributed by atoms with Crippen LogP contribution in [0.25, 0.3) is 20.5 Å². The maximum absolute atomic E-state index is 13.2. The van der Waals surface area contributed by atoms with E-state index in [-0.39, 0.29) is 11.5 Å². The lowest BCUT2D eigenvalue weighted by atomic mass is 10.1. The van der Waals surface area contributed by atoms with Gasteiger partial charge >= 0.3 is 5.97 Å². The van der Waals surface area contributed by atoms with Crippen molar-refractivity contribution in [3.63, 3.8) is 0 Å². The molecule has 3 heterocycles. The molecule has 0 bridgehead atoms. The Morgan fingerprint density at radius 2 is 2.08 bits per heavy atom. The second-order valence-electron chi connectivity index (χ2n) is 5.77. The molecule has 3 aromatic rings. The summed E-state index contributed by atoms with van der Waals surface area (Å²) in [5.74, 6) is 1.30. The first-order chi connectivity index (χ1) is 12.1. The minimum absolute atomic E-state index is 0.0558. The fourth-order valence-corrected chi connectivity index (χ4v) is 5.08. The molecule has 0 spiro atoms. The molecule has 1 aliphatic rings. The summed E-state index contributed by atoms with van der Waals surface area (Å²) < 4.78 is 13.7. The predicted octanol–water partition coefficient (Wildman–Crippen LogP) is 4.11. The Labute approximate surface area is 151 Å². The Bertz CT molecular complexity index is 937. The van der Waals surface area contributed by atoms with Gasteiger partial charge < -0.3 is 10.4 Å². The molecular weight excluding hydrogens is 361 g/mol. The molecule has 5 nitrogen and oxygen atoms in total. The summed E-state index contributed by atoms with van der Waals surface area (Å²) in [4.78, 5) is 12.3. The van der Waals surface area contributed by atoms with Crippen LogP contribution in [-0.2, 0) is 0 Å². The molecule has 1 aliphatic heterocycles. The van der Waals surface area contributed by atoms with Crippen LogP contribution in [0, 0.1) is 5.82 Å². The number of aromatic nitrogens is 2. The number of aromatic carboxylic acids is 1. The number of hydrogen-bond acceptors (Lipinski definition) is 6. The number of hydrogen-bond donors (Lipinski definition) is 2. The molecule has 0 amide bonds. The zero-order chi connectivity index (χ0) is 17.4. The predicted molar refractivity (Wildman–Crippen MR) is 99.1 cm³/mol. The van der Waals surface area contributed by atoms with Gasteiger partial charge in [0, 0.05) is 22.1 Å². The van der Waals surface area contributed by atoms with Gasteiger partial charge in [-0.05, 0) is 35.9 Å². The molecule has 2 aromatic heterocycles. The Kier molecular flexibility index (Phi) is 4.30. The number of carboxylic acids is 1. The molecule has 1 fully saturated rings. The minimum atomic E-state index is -1.10. The van der Waals surface area contributed by atoms with Crippen molar-refractivity contribution in [1.82, 2.24) is 10.2 Å². The van der Waals surface area contributed by atoms with Gasteiger partial charge in [-0.2, -0.15) is 11.8 Å². The Morgan fingerprint density at radius 1 is 1.28 bits per heavy atom. The van der Waals surface area contributed by atoms with Crippen LogP contribution in [0.1, 0.15) is 16.9 Å². The molecule has 1 atom stereocenters. The lowest BCUT2D eigenvalue weighted by Crippen LogP contribution is -2.19. The fraction of sp³-hybridized carbons (Fsp3) is 0.235. The first kappa shape index (κ1) is 16.3. The van der Waals surface area contributed by atoms with Crippen molar-refractivity contribution < 1.29 is 14.3 Å². The van der Waals surface area contributed by atoms with E-state index in [1.807, 2.05) is 17.8 Å². The van der Waals surface area contributed by atoms with Crippen molar-refractivity contribution in [3.05, 3.63) is 41.8 Å². The van der Waals surface area contributed by atoms with Gasteiger partial charge in [0.25, 0.3) is 0 Å². The highest BCUT2D eigenvalue weighted by atomic mass is 32.2. The normalized spacial score (nSPS) is 17.1. The van der Waals surface area contributed by atoms with Gasteiger partial charge in [0.2, 0.25) is 0 Å². The maximum Gasteiger partial charge on any atom is 0.357 e. The number of thiophene rings is 1. The SMILES string of the molecule is O=C(O)c1nnc(NC2CCSC2)c2cc(-c3ccc(F)cc3)sc12. The fourth-order valence-electron chi connectivity index (χ4n) is 2.79. The summed E-state index contributed by atoms with van der Waals surface area (Å²) in [7, 11) is 0. The van der Waals surface area contributed by atoms with E-state index in [0.717, 1.165) is 33.8 Å². The van der Waals surface area contributed by atoms with Crippen molar-refractivity contribution in [2.45, 2.75) is 12.5 Å². The molecule has 1 aromatic carbocycles. The van der Waals surface area contributed by atoms with Crippen LogP contribution in [0.3, 0.4) is 0 Å². The molecule has 4 rings (SSSR count). The molecule has 8 heteroatoms. The van der Waals surface area contributed by atoms with Crippen LogP contribution in [-0.4, -0.2) is 38.8 Å². The van der Waals surface area contributed by atoms with E-state index in [1.165, 1.54) is 23.5 Å². The molecule has 0 aliphatic carbocycles. The van der Waals surface area contributed by atoms with E-state index in [4.69, 9.17) is 0 Å². The molecule has 1 unspecified atom stereocenters. The monoisotopic (exact) mass is 375 g/mol. The zero-order valence-corrected chi connectivity index (χ0v) is 14.7. The number of nitrogens with zero attached hydrogens (tertiary/aromatic N) is 2. The van der Waals surface area contributed by atoms with Crippen molar-refractivity contribution in [2.24, 2.45) is 0 Å². The lowest BCUT2D eigenvalue weighted by Gasteiger charge is -2.12. The van der Waals surface area contributed by atoms with E-state index >= 15 is 0 Å². The van der Waals surface area contributed by atoms with Gasteiger partial charge in [0.1, 0.15) is 5.82 Å². The highest BCUT2D eigenvalue weighted by Crippen LogP contribution is 2.38. The van der Waals surface area contributed by atoms with Crippen LogP contribution in [0.15, 0.2) is 30.3 Å². The largest absolute Gasteiger partial charge is 0.476 e. The number of fused-ring (bicyclic) bond motifs is 1. The number of carbonyl (C=O) groups is 1. The highest BCUT2D eigenvalue weighted by molar-refractivity contribution is 7.99. The summed E-state index contributed by atoms with van der Waals surface area (Å²) in [5, 5.41) is 21.5. The van der Waals surface area contributed by atoms with E-state index < -0.39 is 5.97 Å². The van der Waals surface area contributed by atoms with Crippen molar-refractivity contribution >= 4 is 45.0 Å². The Morgan fingerprint density at radius 3 is 2.76 bits per heavy atom. The van der Waals surface area contributed by atoms with Gasteiger partial charge in [-0.3, -0.25) is 0 Å². The average Bonchev–Trinajstić information content (AvgIpc) is 3.25. The van der Waals surface area contributed by atoms with Gasteiger partial charge in [-0.15, -0.1) is 21.5 Å². The second kappa shape index (κ2) is 6.61. The minimum Gasteiger partial charge on any atom is -0.476 e. The van der Waals surface area contributed by atoms with E-state index in [9.17, 15) is 14.3 Å². The number of nitrogens with one attached hydrogen (secondary N) is 1. The van der Waals surface area contributed by atoms with E-state index in [1.54, 1.807) is 12.1 Å². The summed E-state index contributed by atoms with van der Waals surface area (Å²) >= 11 is 3.21. The Balaban J connectivity index is 1.82. The number of benzene rings is 1. The van der Waals surface area contributed by atoms with Crippen LogP contribution in [0.2, 0.25) is 0 Å². The molecule has 1 saturated heterocycles. The maximum atomic E-state index is 13.2. The van der Waals surface area contributed by atoms with Gasteiger partial charge in [-0.25, -0.2) is 9.18 Å². The summed E-state index contributed by atoms with van der Waals surface area (Å²) in [6, 6.07) is 8.36. The average molecular weight is 375 g/mol. The topological polar surface area (TPSA) is 75.1 Å². The van der Waals surface area contributed by atoms with Gasteiger partial charge in [-0.1, -0.05) is 12.1 Å². The molecule has 128 valence electrons. The van der Waals surface area contributed by atoms with Gasteiger partial charge in [0.05, 0.1) is 4.70 Å². The number of carboxylic acid groups (broad SMARTS) is 1. The third-order valence-corrected chi connectivity index (χ3v) is 6.41. The summed E-state index contributed by atoms with van der Waals surface area (Å²) in [6.07, 6.45) is 1.05. The van der Waals surface area contributed by atoms with Crippen LogP contribution in [0.5, 0.6) is 0 Å². The van der Waals surface area contributed by atoms with Crippen LogP contribution >= 0.6 is 23.1 Å². The number of rotatable bonds is 4. The summed E-state index contributed by atoms with van der Waals surface area (Å²) in [6.45, 7) is 0.